The van der Waals surface area contributed by atoms with Crippen LogP contribution >= 0.6 is 0 Å². The van der Waals surface area contributed by atoms with E-state index < -0.39 is 5.60 Å². The standard InChI is InChI=1S/C20H32O4/c1-17-8-5-9-18(2,16(21)23-3)15(17)6-4-10-19(22)11-7-14(17)12-20(19)13-24-20/h14-15,22H,4-13H2,1-3H3/t14-,15+,17?,18-,19?,20+/m1/s1. The van der Waals surface area contributed by atoms with Gasteiger partial charge in [0.1, 0.15) is 5.60 Å². The predicted octanol–water partition coefficient (Wildman–Crippen LogP) is 3.46. The lowest BCUT2D eigenvalue weighted by Crippen LogP contribution is -2.55. The van der Waals surface area contributed by atoms with Crippen LogP contribution in [0.2, 0.25) is 0 Å². The average Bonchev–Trinajstić information content (AvgIpc) is 3.32. The summed E-state index contributed by atoms with van der Waals surface area (Å²) < 4.78 is 11.1. The van der Waals surface area contributed by atoms with Crippen molar-refractivity contribution in [1.82, 2.24) is 0 Å². The van der Waals surface area contributed by atoms with E-state index in [-0.39, 0.29) is 22.4 Å². The van der Waals surface area contributed by atoms with Gasteiger partial charge in [-0.2, -0.15) is 0 Å². The summed E-state index contributed by atoms with van der Waals surface area (Å²) in [7, 11) is 1.52. The summed E-state index contributed by atoms with van der Waals surface area (Å²) in [6, 6.07) is 0. The maximum absolute atomic E-state index is 12.7. The van der Waals surface area contributed by atoms with Gasteiger partial charge in [-0.05, 0) is 69.1 Å². The Kier molecular flexibility index (Phi) is 3.65. The van der Waals surface area contributed by atoms with Crippen LogP contribution in [-0.2, 0) is 14.3 Å². The highest BCUT2D eigenvalue weighted by molar-refractivity contribution is 5.77. The van der Waals surface area contributed by atoms with Gasteiger partial charge in [0.15, 0.2) is 0 Å². The molecule has 2 bridgehead atoms. The van der Waals surface area contributed by atoms with Crippen LogP contribution in [0.25, 0.3) is 0 Å². The van der Waals surface area contributed by atoms with Gasteiger partial charge in [0.05, 0.1) is 24.7 Å². The summed E-state index contributed by atoms with van der Waals surface area (Å²) in [6.45, 7) is 5.26. The summed E-state index contributed by atoms with van der Waals surface area (Å²) in [5, 5.41) is 11.2. The molecule has 5 aliphatic rings. The minimum atomic E-state index is -0.644. The Labute approximate surface area is 145 Å². The van der Waals surface area contributed by atoms with E-state index in [1.165, 1.54) is 13.5 Å². The Hall–Kier alpha value is -0.610. The first-order valence-electron chi connectivity index (χ1n) is 9.74. The Balaban J connectivity index is 1.74. The first kappa shape index (κ1) is 16.8. The van der Waals surface area contributed by atoms with E-state index in [2.05, 4.69) is 13.8 Å². The number of hydrogen-bond donors (Lipinski definition) is 1. The van der Waals surface area contributed by atoms with Crippen molar-refractivity contribution in [3.8, 4) is 0 Å². The second-order valence-electron chi connectivity index (χ2n) is 9.47. The maximum atomic E-state index is 12.7. The molecule has 2 unspecified atom stereocenters. The van der Waals surface area contributed by atoms with Gasteiger partial charge >= 0.3 is 5.97 Å². The van der Waals surface area contributed by atoms with E-state index in [1.54, 1.807) is 0 Å². The third-order valence-corrected chi connectivity index (χ3v) is 8.47. The monoisotopic (exact) mass is 336 g/mol. The summed E-state index contributed by atoms with van der Waals surface area (Å²) in [4.78, 5) is 12.7. The van der Waals surface area contributed by atoms with Crippen molar-refractivity contribution in [2.24, 2.45) is 22.7 Å². The van der Waals surface area contributed by atoms with Gasteiger partial charge in [-0.25, -0.2) is 0 Å². The molecule has 1 N–H and O–H groups in total. The molecular weight excluding hydrogens is 304 g/mol. The molecule has 1 spiro atoms. The van der Waals surface area contributed by atoms with Gasteiger partial charge < -0.3 is 14.6 Å². The Morgan fingerprint density at radius 2 is 1.88 bits per heavy atom. The zero-order valence-corrected chi connectivity index (χ0v) is 15.4. The molecular formula is C20H32O4. The second kappa shape index (κ2) is 5.20. The average molecular weight is 336 g/mol. The lowest BCUT2D eigenvalue weighted by Gasteiger charge is -2.55. The van der Waals surface area contributed by atoms with Crippen molar-refractivity contribution in [3.05, 3.63) is 0 Å². The SMILES string of the molecule is COC(=O)[C@]1(C)CCCC2(C)[C@@H]3CCC(O)(CCC[C@@H]21)[C@@]1(CO1)C3. The summed E-state index contributed by atoms with van der Waals surface area (Å²) in [6.07, 6.45) is 8.88. The number of carbonyl (C=O) groups excluding carboxylic acids is 1. The highest BCUT2D eigenvalue weighted by atomic mass is 16.6. The van der Waals surface area contributed by atoms with Crippen molar-refractivity contribution in [2.75, 3.05) is 13.7 Å². The minimum absolute atomic E-state index is 0.0386. The number of epoxide rings is 1. The summed E-state index contributed by atoms with van der Waals surface area (Å²) >= 11 is 0. The summed E-state index contributed by atoms with van der Waals surface area (Å²) in [5.41, 5.74) is -1.17. The molecule has 1 aliphatic heterocycles. The van der Waals surface area contributed by atoms with Crippen LogP contribution in [0.3, 0.4) is 0 Å². The van der Waals surface area contributed by atoms with Crippen molar-refractivity contribution >= 4 is 5.97 Å². The maximum Gasteiger partial charge on any atom is 0.311 e. The van der Waals surface area contributed by atoms with Gasteiger partial charge in [-0.15, -0.1) is 0 Å². The number of aliphatic hydroxyl groups is 1. The first-order chi connectivity index (χ1) is 11.3. The molecule has 0 radical (unpaired) electrons. The number of ether oxygens (including phenoxy) is 2. The van der Waals surface area contributed by atoms with Crippen molar-refractivity contribution in [2.45, 2.75) is 82.8 Å². The van der Waals surface area contributed by atoms with Gasteiger partial charge in [0.25, 0.3) is 0 Å². The van der Waals surface area contributed by atoms with Gasteiger partial charge in [-0.3, -0.25) is 4.79 Å². The largest absolute Gasteiger partial charge is 0.469 e. The smallest absolute Gasteiger partial charge is 0.311 e. The molecule has 24 heavy (non-hydrogen) atoms. The highest BCUT2D eigenvalue weighted by Crippen LogP contribution is 2.65. The molecule has 1 heterocycles. The lowest BCUT2D eigenvalue weighted by atomic mass is 9.49. The number of methoxy groups -OCH3 is 1. The fourth-order valence-corrected chi connectivity index (χ4v) is 6.85. The third kappa shape index (κ3) is 2.08. The number of rotatable bonds is 1. The Morgan fingerprint density at radius 3 is 2.54 bits per heavy atom. The number of carbonyl (C=O) groups is 1. The Bertz CT molecular complexity index is 542. The quantitative estimate of drug-likeness (QED) is 0.588. The topological polar surface area (TPSA) is 59.1 Å². The van der Waals surface area contributed by atoms with Crippen LogP contribution in [0, 0.1) is 22.7 Å². The fourth-order valence-electron chi connectivity index (χ4n) is 6.85. The van der Waals surface area contributed by atoms with E-state index in [9.17, 15) is 9.90 Å². The second-order valence-corrected chi connectivity index (χ2v) is 9.47. The molecule has 5 rings (SSSR count). The third-order valence-electron chi connectivity index (χ3n) is 8.47. The molecule has 5 fully saturated rings. The lowest BCUT2D eigenvalue weighted by molar-refractivity contribution is -0.169. The van der Waals surface area contributed by atoms with E-state index in [0.717, 1.165) is 58.0 Å². The van der Waals surface area contributed by atoms with Crippen molar-refractivity contribution < 1.29 is 19.4 Å². The molecule has 4 heteroatoms. The van der Waals surface area contributed by atoms with Gasteiger partial charge in [-0.1, -0.05) is 19.8 Å². The first-order valence-corrected chi connectivity index (χ1v) is 9.74. The van der Waals surface area contributed by atoms with Crippen LogP contribution in [0.4, 0.5) is 0 Å². The van der Waals surface area contributed by atoms with Crippen LogP contribution in [0.15, 0.2) is 0 Å². The van der Waals surface area contributed by atoms with Gasteiger partial charge in [0.2, 0.25) is 0 Å². The van der Waals surface area contributed by atoms with Gasteiger partial charge in [0, 0.05) is 0 Å². The molecule has 0 aromatic carbocycles. The van der Waals surface area contributed by atoms with Crippen LogP contribution in [-0.4, -0.2) is 36.0 Å². The number of hydrogen-bond acceptors (Lipinski definition) is 4. The fraction of sp³-hybridized carbons (Fsp3) is 0.950. The zero-order chi connectivity index (χ0) is 17.2. The van der Waals surface area contributed by atoms with Crippen molar-refractivity contribution in [3.63, 3.8) is 0 Å². The normalized spacial score (nSPS) is 53.7. The molecule has 4 saturated carbocycles. The molecule has 0 amide bonds. The molecule has 0 aromatic heterocycles. The van der Waals surface area contributed by atoms with Crippen LogP contribution in [0.1, 0.15) is 71.6 Å². The van der Waals surface area contributed by atoms with Crippen LogP contribution in [0.5, 0.6) is 0 Å². The van der Waals surface area contributed by atoms with Crippen LogP contribution < -0.4 is 0 Å². The molecule has 4 aliphatic carbocycles. The van der Waals surface area contributed by atoms with E-state index in [0.29, 0.717) is 11.8 Å². The number of fused-ring (bicyclic) bond motifs is 3. The summed E-state index contributed by atoms with van der Waals surface area (Å²) in [5.74, 6) is 0.837. The molecule has 1 saturated heterocycles. The molecule has 6 atom stereocenters. The minimum Gasteiger partial charge on any atom is -0.469 e. The predicted molar refractivity (Wildman–Crippen MR) is 90.4 cm³/mol. The van der Waals surface area contributed by atoms with Crippen molar-refractivity contribution in [1.29, 1.82) is 0 Å². The van der Waals surface area contributed by atoms with E-state index in [4.69, 9.17) is 9.47 Å². The number of esters is 1. The zero-order valence-electron chi connectivity index (χ0n) is 15.4. The van der Waals surface area contributed by atoms with E-state index in [1.807, 2.05) is 0 Å². The van der Waals surface area contributed by atoms with E-state index >= 15 is 0 Å². The highest BCUT2D eigenvalue weighted by Gasteiger charge is 2.67. The molecule has 136 valence electrons. The molecule has 4 nitrogen and oxygen atoms in total. The Morgan fingerprint density at radius 1 is 1.12 bits per heavy atom. The molecule has 0 aromatic rings.